The van der Waals surface area contributed by atoms with E-state index in [1.165, 1.54) is 17.8 Å². The molecular weight excluding hydrogens is 339 g/mol. The number of benzene rings is 2. The second kappa shape index (κ2) is 7.48. The molecule has 0 aliphatic carbocycles. The van der Waals surface area contributed by atoms with E-state index in [4.69, 9.17) is 20.8 Å². The van der Waals surface area contributed by atoms with Gasteiger partial charge in [0.2, 0.25) is 5.89 Å². The van der Waals surface area contributed by atoms with Gasteiger partial charge in [0.25, 0.3) is 5.22 Å². The molecule has 0 spiro atoms. The number of aromatic nitrogens is 2. The van der Waals surface area contributed by atoms with Crippen molar-refractivity contribution < 1.29 is 13.5 Å². The summed E-state index contributed by atoms with van der Waals surface area (Å²) in [5.74, 6) is 0.827. The van der Waals surface area contributed by atoms with E-state index in [1.807, 2.05) is 12.1 Å². The third-order valence-electron chi connectivity index (χ3n) is 2.88. The Balaban J connectivity index is 1.53. The molecule has 0 saturated heterocycles. The molecule has 0 aliphatic rings. The maximum absolute atomic E-state index is 13.4. The standard InChI is InChI=1S/C16H12ClFN2O2S/c17-12-5-3-4-11(10-12)15-19-20-16(22-15)23-9-8-21-14-7-2-1-6-13(14)18/h1-7,10H,8-9H2. The predicted molar refractivity (Wildman–Crippen MR) is 87.4 cm³/mol. The topological polar surface area (TPSA) is 48.2 Å². The van der Waals surface area contributed by atoms with Crippen molar-refractivity contribution in [3.8, 4) is 17.2 Å². The lowest BCUT2D eigenvalue weighted by atomic mass is 10.2. The number of thioether (sulfide) groups is 1. The maximum Gasteiger partial charge on any atom is 0.276 e. The highest BCUT2D eigenvalue weighted by Crippen LogP contribution is 2.25. The fraction of sp³-hybridized carbons (Fsp3) is 0.125. The lowest BCUT2D eigenvalue weighted by Gasteiger charge is -2.05. The molecule has 118 valence electrons. The van der Waals surface area contributed by atoms with Gasteiger partial charge in [-0.15, -0.1) is 10.2 Å². The fourth-order valence-corrected chi connectivity index (χ4v) is 2.62. The number of para-hydroxylation sites is 1. The first-order valence-electron chi connectivity index (χ1n) is 6.82. The first-order valence-corrected chi connectivity index (χ1v) is 8.18. The van der Waals surface area contributed by atoms with Crippen molar-refractivity contribution >= 4 is 23.4 Å². The van der Waals surface area contributed by atoms with Crippen LogP contribution in [0.25, 0.3) is 11.5 Å². The largest absolute Gasteiger partial charge is 0.490 e. The van der Waals surface area contributed by atoms with Crippen molar-refractivity contribution in [1.82, 2.24) is 10.2 Å². The number of ether oxygens (including phenoxy) is 1. The molecular formula is C16H12ClFN2O2S. The molecule has 0 aliphatic heterocycles. The number of hydrogen-bond donors (Lipinski definition) is 0. The number of halogens is 2. The summed E-state index contributed by atoms with van der Waals surface area (Å²) < 4.78 is 24.3. The van der Waals surface area contributed by atoms with E-state index in [9.17, 15) is 4.39 Å². The zero-order valence-corrected chi connectivity index (χ0v) is 13.5. The van der Waals surface area contributed by atoms with Crippen LogP contribution in [-0.4, -0.2) is 22.6 Å². The van der Waals surface area contributed by atoms with Crippen molar-refractivity contribution in [3.05, 3.63) is 59.4 Å². The monoisotopic (exact) mass is 350 g/mol. The van der Waals surface area contributed by atoms with Crippen LogP contribution in [0.5, 0.6) is 5.75 Å². The Morgan fingerprint density at radius 2 is 2.00 bits per heavy atom. The lowest BCUT2D eigenvalue weighted by Crippen LogP contribution is -2.01. The normalized spacial score (nSPS) is 10.7. The summed E-state index contributed by atoms with van der Waals surface area (Å²) in [5.41, 5.74) is 0.763. The van der Waals surface area contributed by atoms with Gasteiger partial charge in [0.05, 0.1) is 6.61 Å². The molecule has 7 heteroatoms. The summed E-state index contributed by atoms with van der Waals surface area (Å²) in [4.78, 5) is 0. The first kappa shape index (κ1) is 15.8. The molecule has 0 N–H and O–H groups in total. The van der Waals surface area contributed by atoms with E-state index in [2.05, 4.69) is 10.2 Å². The smallest absolute Gasteiger partial charge is 0.276 e. The van der Waals surface area contributed by atoms with Gasteiger partial charge in [0.1, 0.15) is 0 Å². The van der Waals surface area contributed by atoms with E-state index >= 15 is 0 Å². The summed E-state index contributed by atoms with van der Waals surface area (Å²) >= 11 is 7.28. The van der Waals surface area contributed by atoms with Gasteiger partial charge in [-0.1, -0.05) is 41.6 Å². The van der Waals surface area contributed by atoms with E-state index < -0.39 is 0 Å². The van der Waals surface area contributed by atoms with E-state index in [0.29, 0.717) is 28.5 Å². The molecule has 1 heterocycles. The zero-order chi connectivity index (χ0) is 16.1. The van der Waals surface area contributed by atoms with Gasteiger partial charge in [0.15, 0.2) is 11.6 Å². The van der Waals surface area contributed by atoms with Gasteiger partial charge in [0, 0.05) is 16.3 Å². The van der Waals surface area contributed by atoms with Crippen LogP contribution in [0, 0.1) is 5.82 Å². The molecule has 0 unspecified atom stereocenters. The van der Waals surface area contributed by atoms with Gasteiger partial charge in [-0.2, -0.15) is 0 Å². The van der Waals surface area contributed by atoms with Crippen LogP contribution in [0.2, 0.25) is 5.02 Å². The van der Waals surface area contributed by atoms with Gasteiger partial charge in [-0.25, -0.2) is 4.39 Å². The lowest BCUT2D eigenvalue weighted by molar-refractivity contribution is 0.324. The van der Waals surface area contributed by atoms with Crippen molar-refractivity contribution in [2.24, 2.45) is 0 Å². The van der Waals surface area contributed by atoms with Crippen LogP contribution < -0.4 is 4.74 Å². The molecule has 1 aromatic heterocycles. The molecule has 3 aromatic rings. The highest BCUT2D eigenvalue weighted by molar-refractivity contribution is 7.99. The zero-order valence-electron chi connectivity index (χ0n) is 11.9. The Kier molecular flexibility index (Phi) is 5.15. The molecule has 0 radical (unpaired) electrons. The average Bonchev–Trinajstić information content (AvgIpc) is 3.02. The molecule has 23 heavy (non-hydrogen) atoms. The Morgan fingerprint density at radius 3 is 2.83 bits per heavy atom. The van der Waals surface area contributed by atoms with E-state index in [1.54, 1.807) is 30.3 Å². The number of rotatable bonds is 6. The molecule has 0 fully saturated rings. The van der Waals surface area contributed by atoms with Gasteiger partial charge in [-0.05, 0) is 30.3 Å². The summed E-state index contributed by atoms with van der Waals surface area (Å²) in [6.07, 6.45) is 0. The SMILES string of the molecule is Fc1ccccc1OCCSc1nnc(-c2cccc(Cl)c2)o1. The summed E-state index contributed by atoms with van der Waals surface area (Å²) in [6.45, 7) is 0.334. The third-order valence-corrected chi connectivity index (χ3v) is 3.90. The molecule has 0 atom stereocenters. The predicted octanol–water partition coefficient (Wildman–Crippen LogP) is 4.70. The Morgan fingerprint density at radius 1 is 1.13 bits per heavy atom. The highest BCUT2D eigenvalue weighted by Gasteiger charge is 2.09. The van der Waals surface area contributed by atoms with Crippen LogP contribution in [0.4, 0.5) is 4.39 Å². The molecule has 3 rings (SSSR count). The van der Waals surface area contributed by atoms with Crippen LogP contribution in [0.1, 0.15) is 0 Å². The van der Waals surface area contributed by atoms with E-state index in [0.717, 1.165) is 5.56 Å². The highest BCUT2D eigenvalue weighted by atomic mass is 35.5. The van der Waals surface area contributed by atoms with Gasteiger partial charge < -0.3 is 9.15 Å². The first-order chi connectivity index (χ1) is 11.2. The van der Waals surface area contributed by atoms with Crippen LogP contribution >= 0.6 is 23.4 Å². The van der Waals surface area contributed by atoms with Crippen LogP contribution in [-0.2, 0) is 0 Å². The maximum atomic E-state index is 13.4. The van der Waals surface area contributed by atoms with Gasteiger partial charge >= 0.3 is 0 Å². The summed E-state index contributed by atoms with van der Waals surface area (Å²) in [6, 6.07) is 13.5. The number of hydrogen-bond acceptors (Lipinski definition) is 5. The quantitative estimate of drug-likeness (QED) is 0.476. The number of nitrogens with zero attached hydrogens (tertiary/aromatic N) is 2. The molecule has 0 amide bonds. The molecule has 4 nitrogen and oxygen atoms in total. The molecule has 0 bridgehead atoms. The average molecular weight is 351 g/mol. The van der Waals surface area contributed by atoms with Crippen molar-refractivity contribution in [2.75, 3.05) is 12.4 Å². The summed E-state index contributed by atoms with van der Waals surface area (Å²) in [7, 11) is 0. The minimum atomic E-state index is -0.376. The Hall–Kier alpha value is -2.05. The van der Waals surface area contributed by atoms with Crippen molar-refractivity contribution in [3.63, 3.8) is 0 Å². The molecule has 0 saturated carbocycles. The van der Waals surface area contributed by atoms with Crippen molar-refractivity contribution in [2.45, 2.75) is 5.22 Å². The van der Waals surface area contributed by atoms with Crippen LogP contribution in [0.3, 0.4) is 0 Å². The molecule has 2 aromatic carbocycles. The van der Waals surface area contributed by atoms with Crippen LogP contribution in [0.15, 0.2) is 58.2 Å². The fourth-order valence-electron chi connectivity index (χ4n) is 1.85. The summed E-state index contributed by atoms with van der Waals surface area (Å²) in [5, 5.41) is 8.97. The van der Waals surface area contributed by atoms with E-state index in [-0.39, 0.29) is 11.6 Å². The van der Waals surface area contributed by atoms with Gasteiger partial charge in [-0.3, -0.25) is 0 Å². The van der Waals surface area contributed by atoms with Crippen molar-refractivity contribution in [1.29, 1.82) is 0 Å². The minimum absolute atomic E-state index is 0.234. The Labute approximate surface area is 141 Å². The Bertz CT molecular complexity index is 797. The third kappa shape index (κ3) is 4.24. The minimum Gasteiger partial charge on any atom is -0.490 e. The second-order valence-electron chi connectivity index (χ2n) is 4.51. The second-order valence-corrected chi connectivity index (χ2v) is 5.99.